The third kappa shape index (κ3) is 2.12. The Hall–Kier alpha value is -3.27. The van der Waals surface area contributed by atoms with Gasteiger partial charge in [-0.2, -0.15) is 4.98 Å². The average molecular weight is 341 g/mol. The molecule has 0 aliphatic rings. The lowest BCUT2D eigenvalue weighted by atomic mass is 10.3. The lowest BCUT2D eigenvalue weighted by molar-refractivity contribution is 0.615. The number of nitrogens with zero attached hydrogens (tertiary/aromatic N) is 5. The van der Waals surface area contributed by atoms with Crippen molar-refractivity contribution in [3.8, 4) is 10.6 Å². The van der Waals surface area contributed by atoms with Gasteiger partial charge in [-0.25, -0.2) is 24.1 Å². The molecule has 0 spiro atoms. The van der Waals surface area contributed by atoms with Crippen LogP contribution >= 0.6 is 11.3 Å². The van der Waals surface area contributed by atoms with E-state index in [1.54, 1.807) is 6.92 Å². The van der Waals surface area contributed by atoms with Gasteiger partial charge in [0.15, 0.2) is 5.65 Å². The second-order valence-electron chi connectivity index (χ2n) is 5.09. The maximum atomic E-state index is 12.1. The molecule has 0 saturated carbocycles. The van der Waals surface area contributed by atoms with Gasteiger partial charge in [-0.3, -0.25) is 9.78 Å². The molecule has 0 amide bonds. The zero-order chi connectivity index (χ0) is 16.8. The van der Waals surface area contributed by atoms with Crippen molar-refractivity contribution < 1.29 is 0 Å². The largest absolute Gasteiger partial charge is 0.368 e. The van der Waals surface area contributed by atoms with E-state index in [1.807, 2.05) is 17.5 Å². The number of hydrogen-bond acceptors (Lipinski definition) is 7. The highest BCUT2D eigenvalue weighted by molar-refractivity contribution is 7.13. The predicted molar refractivity (Wildman–Crippen MR) is 89.9 cm³/mol. The Morgan fingerprint density at radius 3 is 2.83 bits per heavy atom. The molecule has 0 aliphatic carbocycles. The Bertz CT molecular complexity index is 1170. The summed E-state index contributed by atoms with van der Waals surface area (Å²) in [7, 11) is 0. The normalized spacial score (nSPS) is 11.2. The highest BCUT2D eigenvalue weighted by atomic mass is 32.1. The number of aromatic nitrogens is 6. The fraction of sp³-hybridized carbons (Fsp3) is 0.0714. The topological polar surface area (TPSA) is 124 Å². The molecule has 9 nitrogen and oxygen atoms in total. The summed E-state index contributed by atoms with van der Waals surface area (Å²) >= 11 is 1.50. The molecule has 4 aromatic heterocycles. The molecule has 10 heteroatoms. The van der Waals surface area contributed by atoms with Gasteiger partial charge in [0.05, 0.1) is 4.88 Å². The van der Waals surface area contributed by atoms with Gasteiger partial charge in [-0.15, -0.1) is 11.3 Å². The van der Waals surface area contributed by atoms with Gasteiger partial charge in [0, 0.05) is 11.8 Å². The maximum Gasteiger partial charge on any atom is 0.347 e. The zero-order valence-corrected chi connectivity index (χ0v) is 13.2. The Kier molecular flexibility index (Phi) is 3.06. The first-order valence-electron chi connectivity index (χ1n) is 6.92. The lowest BCUT2D eigenvalue weighted by Gasteiger charge is -2.08. The highest BCUT2D eigenvalue weighted by Crippen LogP contribution is 2.29. The second-order valence-corrected chi connectivity index (χ2v) is 6.03. The van der Waals surface area contributed by atoms with E-state index in [0.29, 0.717) is 22.4 Å². The minimum absolute atomic E-state index is 0.0712. The molecule has 0 aromatic carbocycles. The molecule has 24 heavy (non-hydrogen) atoms. The second kappa shape index (κ2) is 5.13. The quantitative estimate of drug-likeness (QED) is 0.550. The molecule has 3 N–H and O–H groups in total. The van der Waals surface area contributed by atoms with E-state index in [9.17, 15) is 9.59 Å². The van der Waals surface area contributed by atoms with E-state index in [-0.39, 0.29) is 5.95 Å². The summed E-state index contributed by atoms with van der Waals surface area (Å²) in [5, 5.41) is 1.92. The first-order valence-corrected chi connectivity index (χ1v) is 7.80. The fourth-order valence-electron chi connectivity index (χ4n) is 2.36. The Balaban J connectivity index is 2.05. The van der Waals surface area contributed by atoms with E-state index in [0.717, 1.165) is 4.88 Å². The molecule has 0 fully saturated rings. The van der Waals surface area contributed by atoms with Gasteiger partial charge in [0.2, 0.25) is 5.95 Å². The summed E-state index contributed by atoms with van der Waals surface area (Å²) in [4.78, 5) is 39.6. The highest BCUT2D eigenvalue weighted by Gasteiger charge is 2.16. The van der Waals surface area contributed by atoms with Gasteiger partial charge >= 0.3 is 5.69 Å². The molecule has 0 radical (unpaired) electrons. The van der Waals surface area contributed by atoms with E-state index >= 15 is 0 Å². The van der Waals surface area contributed by atoms with Gasteiger partial charge in [-0.05, 0) is 18.4 Å². The van der Waals surface area contributed by atoms with Crippen LogP contribution in [-0.2, 0) is 0 Å². The van der Waals surface area contributed by atoms with Crippen LogP contribution in [0.5, 0.6) is 0 Å². The van der Waals surface area contributed by atoms with Crippen molar-refractivity contribution in [3.05, 3.63) is 56.4 Å². The number of rotatable bonds is 2. The van der Waals surface area contributed by atoms with E-state index < -0.39 is 11.2 Å². The summed E-state index contributed by atoms with van der Waals surface area (Å²) < 4.78 is 2.65. The van der Waals surface area contributed by atoms with Crippen molar-refractivity contribution in [1.82, 2.24) is 29.3 Å². The van der Waals surface area contributed by atoms with Crippen molar-refractivity contribution in [2.75, 3.05) is 5.73 Å². The molecular weight excluding hydrogens is 330 g/mol. The number of anilines is 1. The summed E-state index contributed by atoms with van der Waals surface area (Å²) in [6.45, 7) is 1.61. The van der Waals surface area contributed by atoms with Crippen molar-refractivity contribution >= 4 is 28.4 Å². The number of H-pyrrole nitrogens is 1. The summed E-state index contributed by atoms with van der Waals surface area (Å²) in [6, 6.07) is 3.80. The number of nitrogens with two attached hydrogens (primary N) is 1. The van der Waals surface area contributed by atoms with Crippen LogP contribution in [-0.4, -0.2) is 29.3 Å². The van der Waals surface area contributed by atoms with Crippen molar-refractivity contribution in [1.29, 1.82) is 0 Å². The molecule has 4 heterocycles. The molecule has 0 saturated heterocycles. The fourth-order valence-corrected chi connectivity index (χ4v) is 3.08. The Morgan fingerprint density at radius 2 is 2.08 bits per heavy atom. The average Bonchev–Trinajstić information content (AvgIpc) is 3.20. The van der Waals surface area contributed by atoms with Gasteiger partial charge in [0.25, 0.3) is 5.56 Å². The van der Waals surface area contributed by atoms with Crippen LogP contribution in [0.25, 0.3) is 21.7 Å². The number of imidazole rings is 1. The van der Waals surface area contributed by atoms with E-state index in [1.165, 1.54) is 33.2 Å². The standard InChI is InChI=1S/C14H11N7O2S/c1-7-5-20(14(23)19-12(7)22)21-6-16-10-9(8-3-2-4-24-8)17-13(15)18-11(10)21/h2-6H,1H3,(H2,15,17,18)(H,19,22,23). The number of aryl methyl sites for hydroxylation is 1. The van der Waals surface area contributed by atoms with Crippen molar-refractivity contribution in [2.24, 2.45) is 0 Å². The molecule has 0 aliphatic heterocycles. The molecule has 0 atom stereocenters. The minimum Gasteiger partial charge on any atom is -0.368 e. The van der Waals surface area contributed by atoms with Crippen molar-refractivity contribution in [3.63, 3.8) is 0 Å². The first-order chi connectivity index (χ1) is 11.5. The summed E-state index contributed by atoms with van der Waals surface area (Å²) in [6.07, 6.45) is 2.86. The number of nitrogen functional groups attached to an aromatic ring is 1. The smallest absolute Gasteiger partial charge is 0.347 e. The molecule has 120 valence electrons. The van der Waals surface area contributed by atoms with Crippen LogP contribution < -0.4 is 17.0 Å². The van der Waals surface area contributed by atoms with Crippen LogP contribution in [0.15, 0.2) is 39.6 Å². The van der Waals surface area contributed by atoms with Crippen molar-refractivity contribution in [2.45, 2.75) is 6.92 Å². The molecular formula is C14H11N7O2S. The molecule has 0 bridgehead atoms. The number of nitrogens with one attached hydrogen (secondary N) is 1. The van der Waals surface area contributed by atoms with Crippen LogP contribution in [0, 0.1) is 6.92 Å². The number of hydrogen-bond donors (Lipinski definition) is 2. The zero-order valence-electron chi connectivity index (χ0n) is 12.4. The summed E-state index contributed by atoms with van der Waals surface area (Å²) in [5.74, 6) is 0.0712. The third-order valence-electron chi connectivity index (χ3n) is 3.49. The van der Waals surface area contributed by atoms with Crippen LogP contribution in [0.2, 0.25) is 0 Å². The lowest BCUT2D eigenvalue weighted by Crippen LogP contribution is -2.34. The maximum absolute atomic E-state index is 12.1. The number of aromatic amines is 1. The number of fused-ring (bicyclic) bond motifs is 1. The third-order valence-corrected chi connectivity index (χ3v) is 4.36. The number of thiophene rings is 1. The van der Waals surface area contributed by atoms with E-state index in [4.69, 9.17) is 5.73 Å². The Labute approximate surface area is 138 Å². The molecule has 4 aromatic rings. The van der Waals surface area contributed by atoms with Crippen LogP contribution in [0.4, 0.5) is 5.95 Å². The van der Waals surface area contributed by atoms with Gasteiger partial charge in [0.1, 0.15) is 17.5 Å². The van der Waals surface area contributed by atoms with Crippen LogP contribution in [0.3, 0.4) is 0 Å². The Morgan fingerprint density at radius 1 is 1.25 bits per heavy atom. The monoisotopic (exact) mass is 341 g/mol. The van der Waals surface area contributed by atoms with Crippen LogP contribution in [0.1, 0.15) is 5.56 Å². The SMILES string of the molecule is Cc1cn(-n2cnc3c(-c4cccs4)nc(N)nc32)c(=O)[nH]c1=O. The first kappa shape index (κ1) is 14.3. The predicted octanol–water partition coefficient (Wildman–Crippen LogP) is 0.607. The molecule has 0 unspecified atom stereocenters. The molecule has 4 rings (SSSR count). The van der Waals surface area contributed by atoms with E-state index in [2.05, 4.69) is 19.9 Å². The summed E-state index contributed by atoms with van der Waals surface area (Å²) in [5.41, 5.74) is 6.67. The van der Waals surface area contributed by atoms with Gasteiger partial charge in [-0.1, -0.05) is 6.07 Å². The minimum atomic E-state index is -0.597. The van der Waals surface area contributed by atoms with Gasteiger partial charge < -0.3 is 5.73 Å².